The summed E-state index contributed by atoms with van der Waals surface area (Å²) in [4.78, 5) is 11.8. The van der Waals surface area contributed by atoms with Crippen LogP contribution in [-0.2, 0) is 6.61 Å². The molecule has 1 N–H and O–H groups in total. The molecule has 5 nitrogen and oxygen atoms in total. The van der Waals surface area contributed by atoms with Crippen LogP contribution in [0.5, 0.6) is 5.75 Å². The second-order valence-electron chi connectivity index (χ2n) is 5.10. The average Bonchev–Trinajstić information content (AvgIpc) is 3.23. The third-order valence-electron chi connectivity index (χ3n) is 3.51. The fourth-order valence-corrected chi connectivity index (χ4v) is 2.37. The summed E-state index contributed by atoms with van der Waals surface area (Å²) in [7, 11) is 0. The number of imidazole rings is 2. The molecule has 0 spiro atoms. The summed E-state index contributed by atoms with van der Waals surface area (Å²) in [5.41, 5.74) is 2.80. The molecule has 0 atom stereocenters. The predicted molar refractivity (Wildman–Crippen MR) is 98.4 cm³/mol. The van der Waals surface area contributed by atoms with Crippen molar-refractivity contribution < 1.29 is 9.13 Å². The van der Waals surface area contributed by atoms with Gasteiger partial charge in [-0.2, -0.15) is 0 Å². The standard InChI is InChI=1S/C17H13FN4O.2ClH/c18-12-1-4-14(5-2-12)23-10-17-20-15-6-3-13(9-16(15)21-17)22-8-7-19-11-22;;/h1-9,11H,10H2,(H,20,21);2*1H. The molecule has 4 aromatic rings. The van der Waals surface area contributed by atoms with Gasteiger partial charge in [-0.3, -0.25) is 0 Å². The van der Waals surface area contributed by atoms with Gasteiger partial charge < -0.3 is 14.3 Å². The van der Waals surface area contributed by atoms with Gasteiger partial charge in [0.1, 0.15) is 24.0 Å². The Morgan fingerprint density at radius 3 is 2.60 bits per heavy atom. The van der Waals surface area contributed by atoms with E-state index in [0.717, 1.165) is 16.7 Å². The van der Waals surface area contributed by atoms with Crippen molar-refractivity contribution in [1.29, 1.82) is 0 Å². The van der Waals surface area contributed by atoms with Crippen molar-refractivity contribution in [3.05, 3.63) is 72.8 Å². The normalized spacial score (nSPS) is 10.1. The van der Waals surface area contributed by atoms with Gasteiger partial charge in [0.2, 0.25) is 0 Å². The Labute approximate surface area is 155 Å². The Morgan fingerprint density at radius 1 is 1.08 bits per heavy atom. The Kier molecular flexibility index (Phi) is 6.01. The number of rotatable bonds is 4. The zero-order chi connectivity index (χ0) is 15.6. The smallest absolute Gasteiger partial charge is 0.146 e. The summed E-state index contributed by atoms with van der Waals surface area (Å²) in [6.45, 7) is 0.292. The predicted octanol–water partition coefficient (Wildman–Crippen LogP) is 4.31. The van der Waals surface area contributed by atoms with Crippen LogP contribution in [0.4, 0.5) is 4.39 Å². The van der Waals surface area contributed by atoms with Crippen molar-refractivity contribution >= 4 is 35.8 Å². The summed E-state index contributed by atoms with van der Waals surface area (Å²) in [6.07, 6.45) is 5.37. The third-order valence-corrected chi connectivity index (χ3v) is 3.51. The van der Waals surface area contributed by atoms with Crippen molar-refractivity contribution in [2.75, 3.05) is 0 Å². The number of ether oxygens (including phenoxy) is 1. The molecule has 0 aliphatic carbocycles. The Hall–Kier alpha value is -2.57. The molecule has 2 aromatic carbocycles. The van der Waals surface area contributed by atoms with Gasteiger partial charge in [0, 0.05) is 18.1 Å². The number of hydrogen-bond donors (Lipinski definition) is 1. The van der Waals surface area contributed by atoms with E-state index in [0.29, 0.717) is 18.2 Å². The first-order valence-electron chi connectivity index (χ1n) is 7.13. The molecule has 0 unspecified atom stereocenters. The van der Waals surface area contributed by atoms with E-state index in [2.05, 4.69) is 15.0 Å². The van der Waals surface area contributed by atoms with Crippen LogP contribution < -0.4 is 4.74 Å². The topological polar surface area (TPSA) is 55.7 Å². The molecule has 25 heavy (non-hydrogen) atoms. The molecule has 0 amide bonds. The molecule has 4 rings (SSSR count). The first-order chi connectivity index (χ1) is 11.3. The van der Waals surface area contributed by atoms with Crippen LogP contribution in [0.3, 0.4) is 0 Å². The van der Waals surface area contributed by atoms with Crippen LogP contribution in [-0.4, -0.2) is 19.5 Å². The van der Waals surface area contributed by atoms with Crippen molar-refractivity contribution in [2.45, 2.75) is 6.61 Å². The zero-order valence-electron chi connectivity index (χ0n) is 12.9. The van der Waals surface area contributed by atoms with Gasteiger partial charge in [-0.1, -0.05) is 0 Å². The number of aromatic nitrogens is 4. The molecule has 0 saturated heterocycles. The Balaban J connectivity index is 0.00000113. The second-order valence-corrected chi connectivity index (χ2v) is 5.10. The van der Waals surface area contributed by atoms with Crippen molar-refractivity contribution in [2.24, 2.45) is 0 Å². The van der Waals surface area contributed by atoms with E-state index in [1.165, 1.54) is 12.1 Å². The van der Waals surface area contributed by atoms with Crippen molar-refractivity contribution in [3.8, 4) is 11.4 Å². The third kappa shape index (κ3) is 4.10. The van der Waals surface area contributed by atoms with E-state index in [-0.39, 0.29) is 30.6 Å². The highest BCUT2D eigenvalue weighted by Gasteiger charge is 2.06. The summed E-state index contributed by atoms with van der Waals surface area (Å²) >= 11 is 0. The van der Waals surface area contributed by atoms with Crippen LogP contribution in [0.1, 0.15) is 5.82 Å². The maximum Gasteiger partial charge on any atom is 0.146 e. The van der Waals surface area contributed by atoms with E-state index < -0.39 is 0 Å². The number of hydrogen-bond acceptors (Lipinski definition) is 3. The van der Waals surface area contributed by atoms with Gasteiger partial charge in [0.05, 0.1) is 17.4 Å². The fourth-order valence-electron chi connectivity index (χ4n) is 2.37. The van der Waals surface area contributed by atoms with Gasteiger partial charge in [-0.15, -0.1) is 24.8 Å². The molecule has 0 aliphatic rings. The van der Waals surface area contributed by atoms with E-state index in [1.54, 1.807) is 24.7 Å². The van der Waals surface area contributed by atoms with E-state index in [9.17, 15) is 4.39 Å². The molecule has 0 aliphatic heterocycles. The Morgan fingerprint density at radius 2 is 1.88 bits per heavy atom. The zero-order valence-corrected chi connectivity index (χ0v) is 14.6. The number of nitrogens with one attached hydrogen (secondary N) is 1. The molecule has 2 heterocycles. The lowest BCUT2D eigenvalue weighted by Gasteiger charge is -2.03. The number of aromatic amines is 1. The molecule has 0 saturated carbocycles. The molecule has 8 heteroatoms. The maximum absolute atomic E-state index is 12.9. The summed E-state index contributed by atoms with van der Waals surface area (Å²) in [5, 5.41) is 0. The van der Waals surface area contributed by atoms with Crippen LogP contribution in [0, 0.1) is 5.82 Å². The van der Waals surface area contributed by atoms with Gasteiger partial charge >= 0.3 is 0 Å². The highest BCUT2D eigenvalue weighted by atomic mass is 35.5. The van der Waals surface area contributed by atoms with E-state index in [1.807, 2.05) is 29.0 Å². The second kappa shape index (κ2) is 8.00. The fraction of sp³-hybridized carbons (Fsp3) is 0.0588. The average molecular weight is 381 g/mol. The molecule has 0 radical (unpaired) electrons. The summed E-state index contributed by atoms with van der Waals surface area (Å²) in [6, 6.07) is 11.9. The maximum atomic E-state index is 12.9. The number of benzene rings is 2. The quantitative estimate of drug-likeness (QED) is 0.573. The lowest BCUT2D eigenvalue weighted by Crippen LogP contribution is -1.97. The minimum atomic E-state index is -0.284. The lowest BCUT2D eigenvalue weighted by atomic mass is 10.3. The van der Waals surface area contributed by atoms with Crippen LogP contribution in [0.25, 0.3) is 16.7 Å². The SMILES string of the molecule is Cl.Cl.Fc1ccc(OCc2nc3ccc(-n4ccnc4)cc3[nH]2)cc1. The largest absolute Gasteiger partial charge is 0.486 e. The summed E-state index contributed by atoms with van der Waals surface area (Å²) in [5.74, 6) is 1.03. The van der Waals surface area contributed by atoms with Gasteiger partial charge in [-0.05, 0) is 42.5 Å². The molecular weight excluding hydrogens is 366 g/mol. The van der Waals surface area contributed by atoms with Crippen molar-refractivity contribution in [1.82, 2.24) is 19.5 Å². The molecule has 0 fully saturated rings. The van der Waals surface area contributed by atoms with Crippen LogP contribution >= 0.6 is 24.8 Å². The number of halogens is 3. The highest BCUT2D eigenvalue weighted by molar-refractivity contribution is 5.85. The molecule has 2 aromatic heterocycles. The number of H-pyrrole nitrogens is 1. The monoisotopic (exact) mass is 380 g/mol. The highest BCUT2D eigenvalue weighted by Crippen LogP contribution is 2.18. The first-order valence-corrected chi connectivity index (χ1v) is 7.13. The molecular formula is C17H15Cl2FN4O. The minimum absolute atomic E-state index is 0. The van der Waals surface area contributed by atoms with Crippen LogP contribution in [0.2, 0.25) is 0 Å². The van der Waals surface area contributed by atoms with Crippen molar-refractivity contribution in [3.63, 3.8) is 0 Å². The minimum Gasteiger partial charge on any atom is -0.486 e. The summed E-state index contributed by atoms with van der Waals surface area (Å²) < 4.78 is 20.4. The number of nitrogens with zero attached hydrogens (tertiary/aromatic N) is 3. The Bertz CT molecular complexity index is 939. The van der Waals surface area contributed by atoms with Crippen LogP contribution in [0.15, 0.2) is 61.2 Å². The molecule has 0 bridgehead atoms. The van der Waals surface area contributed by atoms with Gasteiger partial charge in [-0.25, -0.2) is 14.4 Å². The van der Waals surface area contributed by atoms with E-state index in [4.69, 9.17) is 4.74 Å². The number of fused-ring (bicyclic) bond motifs is 1. The molecule has 130 valence electrons. The van der Waals surface area contributed by atoms with Gasteiger partial charge in [0.15, 0.2) is 0 Å². The van der Waals surface area contributed by atoms with Gasteiger partial charge in [0.25, 0.3) is 0 Å². The first kappa shape index (κ1) is 18.8. The van der Waals surface area contributed by atoms with E-state index >= 15 is 0 Å². The lowest BCUT2D eigenvalue weighted by molar-refractivity contribution is 0.297.